The third-order valence-corrected chi connectivity index (χ3v) is 11.7. The fourth-order valence-corrected chi connectivity index (χ4v) is 9.15. The molecule has 7 rings (SSSR count). The molecule has 0 spiro atoms. The van der Waals surface area contributed by atoms with Crippen molar-refractivity contribution in [2.75, 3.05) is 39.0 Å². The van der Waals surface area contributed by atoms with E-state index in [9.17, 15) is 18.0 Å². The number of sulfonamides is 1. The van der Waals surface area contributed by atoms with E-state index in [0.29, 0.717) is 5.56 Å². The molecule has 10 nitrogen and oxygen atoms in total. The van der Waals surface area contributed by atoms with Crippen LogP contribution in [0.5, 0.6) is 5.75 Å². The molecule has 0 radical (unpaired) electrons. The number of rotatable bonds is 12. The first-order chi connectivity index (χ1) is 25.2. The quantitative estimate of drug-likeness (QED) is 0.0852. The van der Waals surface area contributed by atoms with Crippen LogP contribution in [-0.2, 0) is 34.6 Å². The van der Waals surface area contributed by atoms with Gasteiger partial charge in [0.1, 0.15) is 11.8 Å². The number of carbonyl (C=O) groups excluding carboxylic acids is 2. The zero-order valence-corrected chi connectivity index (χ0v) is 30.0. The lowest BCUT2D eigenvalue weighted by molar-refractivity contribution is -0.141. The van der Waals surface area contributed by atoms with Gasteiger partial charge in [-0.1, -0.05) is 97.1 Å². The van der Waals surface area contributed by atoms with E-state index in [2.05, 4.69) is 29.2 Å². The second-order valence-electron chi connectivity index (χ2n) is 12.6. The number of carbonyl (C=O) groups is 2. The van der Waals surface area contributed by atoms with Crippen molar-refractivity contribution < 1.29 is 37.0 Å². The van der Waals surface area contributed by atoms with Crippen molar-refractivity contribution in [2.45, 2.75) is 29.4 Å². The van der Waals surface area contributed by atoms with Gasteiger partial charge in [-0.05, 0) is 59.0 Å². The molecule has 0 amide bonds. The van der Waals surface area contributed by atoms with Gasteiger partial charge in [-0.25, -0.2) is 13.2 Å². The van der Waals surface area contributed by atoms with Gasteiger partial charge in [0, 0.05) is 12.7 Å². The molecule has 5 aromatic rings. The van der Waals surface area contributed by atoms with E-state index in [-0.39, 0.29) is 35.2 Å². The van der Waals surface area contributed by atoms with Crippen molar-refractivity contribution in [3.05, 3.63) is 149 Å². The molecule has 1 heterocycles. The minimum atomic E-state index is -4.31. The number of nitrogens with zero attached hydrogens (tertiary/aromatic N) is 2. The maximum atomic E-state index is 14.9. The Bertz CT molecular complexity index is 2200. The van der Waals surface area contributed by atoms with Crippen LogP contribution in [0.3, 0.4) is 0 Å². The van der Waals surface area contributed by atoms with E-state index in [1.807, 2.05) is 54.6 Å². The lowest BCUT2D eigenvalue weighted by Crippen LogP contribution is -2.41. The second-order valence-corrected chi connectivity index (χ2v) is 14.5. The summed E-state index contributed by atoms with van der Waals surface area (Å²) in [6.45, 7) is 1.40. The summed E-state index contributed by atoms with van der Waals surface area (Å²) >= 11 is 0. The van der Waals surface area contributed by atoms with E-state index >= 15 is 0 Å². The third kappa shape index (κ3) is 5.61. The van der Waals surface area contributed by atoms with E-state index in [4.69, 9.17) is 18.9 Å². The number of anilines is 1. The molecule has 5 aromatic carbocycles. The number of hydrogen-bond donors (Lipinski definition) is 0. The maximum Gasteiger partial charge on any atom is 0.338 e. The number of hydrogen-bond acceptors (Lipinski definition) is 9. The summed E-state index contributed by atoms with van der Waals surface area (Å²) in [6.07, 6.45) is 0. The SMILES string of the molecule is COCOc1cc(C(=O)OC)cc(N(C[C@H]2[C@@H](C(=O)OC)N2C2(c3ccccc3)c3ccccc3-c3ccccc32)S(=O)(=O)c2ccccc2)c1C. The first-order valence-corrected chi connectivity index (χ1v) is 18.2. The topological polar surface area (TPSA) is 111 Å². The average molecular weight is 719 g/mol. The van der Waals surface area contributed by atoms with Crippen molar-refractivity contribution in [1.82, 2.24) is 4.90 Å². The summed E-state index contributed by atoms with van der Waals surface area (Å²) in [5.74, 6) is -0.934. The molecule has 0 saturated carbocycles. The Morgan fingerprint density at radius 3 is 1.92 bits per heavy atom. The summed E-state index contributed by atoms with van der Waals surface area (Å²) in [4.78, 5) is 29.0. The average Bonchev–Trinajstić information content (AvgIpc) is 3.82. The van der Waals surface area contributed by atoms with Gasteiger partial charge in [0.2, 0.25) is 0 Å². The Morgan fingerprint density at radius 2 is 1.35 bits per heavy atom. The highest BCUT2D eigenvalue weighted by atomic mass is 32.2. The molecule has 0 aromatic heterocycles. The normalized spacial score (nSPS) is 18.1. The standard InChI is InChI=1S/C41H38N2O8S/c1-27-35(23-28(39(44)49-3)24-37(27)51-26-48-2)42(52(46,47)30-17-9-6-10-18-30)25-36-38(40(45)50-4)43(36)41(29-15-7-5-8-16-29)33-21-13-11-19-31(33)32-20-12-14-22-34(32)41/h5-24,36,38H,25-26H2,1-4H3/t36-,38-,43?/m0/s1. The van der Waals surface area contributed by atoms with Gasteiger partial charge in [-0.3, -0.25) is 14.0 Å². The van der Waals surface area contributed by atoms with Crippen molar-refractivity contribution in [3.8, 4) is 16.9 Å². The molecule has 1 aliphatic carbocycles. The molecule has 1 unspecified atom stereocenters. The van der Waals surface area contributed by atoms with Gasteiger partial charge in [0.15, 0.2) is 6.79 Å². The minimum Gasteiger partial charge on any atom is -0.468 e. The van der Waals surface area contributed by atoms with Crippen LogP contribution in [-0.4, -0.2) is 72.0 Å². The molecule has 1 saturated heterocycles. The minimum absolute atomic E-state index is 0.0355. The second kappa shape index (κ2) is 13.9. The van der Waals surface area contributed by atoms with E-state index in [1.165, 1.54) is 49.9 Å². The largest absolute Gasteiger partial charge is 0.468 e. The summed E-state index contributed by atoms with van der Waals surface area (Å²) in [5, 5.41) is 0. The molecule has 266 valence electrons. The number of methoxy groups -OCH3 is 3. The Balaban J connectivity index is 1.46. The molecule has 52 heavy (non-hydrogen) atoms. The number of fused-ring (bicyclic) bond motifs is 3. The van der Waals surface area contributed by atoms with Gasteiger partial charge in [0.25, 0.3) is 10.0 Å². The van der Waals surface area contributed by atoms with Crippen LogP contribution in [0.1, 0.15) is 32.6 Å². The van der Waals surface area contributed by atoms with Crippen molar-refractivity contribution in [2.24, 2.45) is 0 Å². The highest BCUT2D eigenvalue weighted by molar-refractivity contribution is 7.92. The first-order valence-electron chi connectivity index (χ1n) is 16.7. The van der Waals surface area contributed by atoms with Crippen LogP contribution in [0.2, 0.25) is 0 Å². The van der Waals surface area contributed by atoms with E-state index in [0.717, 1.165) is 27.8 Å². The van der Waals surface area contributed by atoms with Crippen LogP contribution in [0.15, 0.2) is 126 Å². The van der Waals surface area contributed by atoms with Crippen LogP contribution in [0.25, 0.3) is 11.1 Å². The molecule has 3 atom stereocenters. The molecule has 11 heteroatoms. The van der Waals surface area contributed by atoms with Gasteiger partial charge in [-0.15, -0.1) is 0 Å². The van der Waals surface area contributed by atoms with E-state index in [1.54, 1.807) is 25.1 Å². The molecular weight excluding hydrogens is 681 g/mol. The predicted molar refractivity (Wildman–Crippen MR) is 196 cm³/mol. The highest BCUT2D eigenvalue weighted by Gasteiger charge is 2.67. The number of esters is 2. The Morgan fingerprint density at radius 1 is 0.769 bits per heavy atom. The zero-order chi connectivity index (χ0) is 36.6. The van der Waals surface area contributed by atoms with Crippen LogP contribution >= 0.6 is 0 Å². The monoisotopic (exact) mass is 718 g/mol. The van der Waals surface area contributed by atoms with E-state index < -0.39 is 39.6 Å². The lowest BCUT2D eigenvalue weighted by Gasteiger charge is -2.36. The Labute approximate surface area is 303 Å². The fraction of sp³-hybridized carbons (Fsp3) is 0.220. The first kappa shape index (κ1) is 34.9. The maximum absolute atomic E-state index is 14.9. The van der Waals surface area contributed by atoms with Crippen LogP contribution in [0.4, 0.5) is 5.69 Å². The van der Waals surface area contributed by atoms with Gasteiger partial charge in [0.05, 0.1) is 48.5 Å². The van der Waals surface area contributed by atoms with Crippen molar-refractivity contribution in [3.63, 3.8) is 0 Å². The summed E-state index contributed by atoms with van der Waals surface area (Å²) in [6, 6.07) is 35.6. The van der Waals surface area contributed by atoms with Crippen molar-refractivity contribution >= 4 is 27.6 Å². The smallest absolute Gasteiger partial charge is 0.338 e. The molecule has 0 bridgehead atoms. The summed E-state index contributed by atoms with van der Waals surface area (Å²) < 4.78 is 52.4. The van der Waals surface area contributed by atoms with Crippen LogP contribution < -0.4 is 9.04 Å². The Hall–Kier alpha value is -5.49. The highest BCUT2D eigenvalue weighted by Crippen LogP contribution is 2.60. The predicted octanol–water partition coefficient (Wildman–Crippen LogP) is 6.16. The summed E-state index contributed by atoms with van der Waals surface area (Å²) in [7, 11) is -0.263. The lowest BCUT2D eigenvalue weighted by atomic mass is 9.80. The number of benzene rings is 5. The van der Waals surface area contributed by atoms with Crippen LogP contribution in [0, 0.1) is 6.92 Å². The van der Waals surface area contributed by atoms with Crippen molar-refractivity contribution in [1.29, 1.82) is 0 Å². The van der Waals surface area contributed by atoms with Gasteiger partial charge < -0.3 is 18.9 Å². The third-order valence-electron chi connectivity index (χ3n) is 9.92. The summed E-state index contributed by atoms with van der Waals surface area (Å²) in [5.41, 5.74) is 4.63. The molecule has 1 fully saturated rings. The number of ether oxygens (including phenoxy) is 4. The molecule has 1 aliphatic heterocycles. The van der Waals surface area contributed by atoms with Gasteiger partial charge >= 0.3 is 11.9 Å². The van der Waals surface area contributed by atoms with Gasteiger partial charge in [-0.2, -0.15) is 0 Å². The molecule has 2 aliphatic rings. The zero-order valence-electron chi connectivity index (χ0n) is 29.2. The molecule has 0 N–H and O–H groups in total. The fourth-order valence-electron chi connectivity index (χ4n) is 7.60. The molecular formula is C41H38N2O8S. The Kier molecular flexibility index (Phi) is 9.35.